The van der Waals surface area contributed by atoms with Crippen molar-refractivity contribution in [3.63, 3.8) is 0 Å². The molecule has 0 saturated carbocycles. The van der Waals surface area contributed by atoms with Crippen LogP contribution in [-0.4, -0.2) is 56.3 Å². The molecule has 2 N–H and O–H groups in total. The van der Waals surface area contributed by atoms with E-state index >= 15 is 0 Å². The maximum Gasteiger partial charge on any atom is 0.405 e. The molecule has 0 fully saturated rings. The highest BCUT2D eigenvalue weighted by molar-refractivity contribution is 5.81. The minimum Gasteiger partial charge on any atom is -0.346 e. The van der Waals surface area contributed by atoms with Crippen LogP contribution in [0.3, 0.4) is 0 Å². The maximum atomic E-state index is 11.9. The summed E-state index contributed by atoms with van der Waals surface area (Å²) in [6.07, 6.45) is -4.37. The first-order valence-electron chi connectivity index (χ1n) is 5.37. The lowest BCUT2D eigenvalue weighted by atomic mass is 10.2. The highest BCUT2D eigenvalue weighted by Gasteiger charge is 2.28. The minimum absolute atomic E-state index is 0.0247. The second-order valence-corrected chi connectivity index (χ2v) is 4.38. The Hall–Kier alpha value is -0.820. The summed E-state index contributed by atoms with van der Waals surface area (Å²) in [4.78, 5) is 13.3. The van der Waals surface area contributed by atoms with Crippen LogP contribution in [0.4, 0.5) is 13.2 Å². The molecule has 0 aromatic heterocycles. The molecule has 102 valence electrons. The van der Waals surface area contributed by atoms with Crippen molar-refractivity contribution in [1.82, 2.24) is 15.5 Å². The number of hydrogen-bond acceptors (Lipinski definition) is 3. The Balaban J connectivity index is 3.97. The molecule has 0 radical (unpaired) electrons. The van der Waals surface area contributed by atoms with Crippen LogP contribution < -0.4 is 10.6 Å². The van der Waals surface area contributed by atoms with Crippen LogP contribution in [0.15, 0.2) is 0 Å². The van der Waals surface area contributed by atoms with Crippen molar-refractivity contribution in [2.24, 2.45) is 0 Å². The maximum absolute atomic E-state index is 11.9. The summed E-state index contributed by atoms with van der Waals surface area (Å²) in [5.41, 5.74) is 0. The first kappa shape index (κ1) is 16.2. The van der Waals surface area contributed by atoms with E-state index in [2.05, 4.69) is 5.32 Å². The Kier molecular flexibility index (Phi) is 6.48. The van der Waals surface area contributed by atoms with E-state index in [1.165, 1.54) is 6.92 Å². The molecule has 0 aromatic carbocycles. The molecule has 17 heavy (non-hydrogen) atoms. The number of nitrogens with one attached hydrogen (secondary N) is 2. The van der Waals surface area contributed by atoms with Gasteiger partial charge in [0.1, 0.15) is 6.54 Å². The van der Waals surface area contributed by atoms with Gasteiger partial charge in [-0.1, -0.05) is 0 Å². The highest BCUT2D eigenvalue weighted by Crippen LogP contribution is 2.12. The van der Waals surface area contributed by atoms with E-state index in [0.29, 0.717) is 6.54 Å². The van der Waals surface area contributed by atoms with Gasteiger partial charge in [0.25, 0.3) is 0 Å². The summed E-state index contributed by atoms with van der Waals surface area (Å²) in [6.45, 7) is 2.82. The van der Waals surface area contributed by atoms with Crippen molar-refractivity contribution in [3.8, 4) is 0 Å². The molecule has 0 aromatic rings. The fourth-order valence-electron chi connectivity index (χ4n) is 1.44. The van der Waals surface area contributed by atoms with Gasteiger partial charge in [-0.15, -0.1) is 0 Å². The largest absolute Gasteiger partial charge is 0.405 e. The van der Waals surface area contributed by atoms with E-state index in [1.807, 2.05) is 31.2 Å². The molecule has 0 heterocycles. The van der Waals surface area contributed by atoms with Gasteiger partial charge in [0.05, 0.1) is 6.04 Å². The molecule has 7 heteroatoms. The van der Waals surface area contributed by atoms with Gasteiger partial charge in [0.15, 0.2) is 0 Å². The molecule has 1 amide bonds. The molecule has 0 aliphatic heterocycles. The van der Waals surface area contributed by atoms with E-state index in [1.54, 1.807) is 0 Å². The molecule has 0 rings (SSSR count). The second-order valence-electron chi connectivity index (χ2n) is 4.38. The minimum atomic E-state index is -4.37. The smallest absolute Gasteiger partial charge is 0.346 e. The van der Waals surface area contributed by atoms with Crippen LogP contribution in [-0.2, 0) is 4.79 Å². The Morgan fingerprint density at radius 3 is 2.24 bits per heavy atom. The van der Waals surface area contributed by atoms with Gasteiger partial charge in [0, 0.05) is 12.6 Å². The van der Waals surface area contributed by atoms with Crippen LogP contribution in [0.1, 0.15) is 13.8 Å². The molecule has 2 unspecified atom stereocenters. The van der Waals surface area contributed by atoms with Crippen molar-refractivity contribution >= 4 is 5.91 Å². The second kappa shape index (κ2) is 6.80. The summed E-state index contributed by atoms with van der Waals surface area (Å²) in [5, 5.41) is 4.77. The quantitative estimate of drug-likeness (QED) is 0.730. The third-order valence-electron chi connectivity index (χ3n) is 2.03. The third kappa shape index (κ3) is 8.93. The standard InChI is InChI=1S/C10H20F3N3O/c1-7(5-16(3)4)15-8(2)9(17)14-6-10(11,12)13/h7-8,15H,5-6H2,1-4H3,(H,14,17). The normalized spacial score (nSPS) is 15.8. The number of halogens is 3. The zero-order valence-corrected chi connectivity index (χ0v) is 10.6. The Morgan fingerprint density at radius 1 is 1.29 bits per heavy atom. The van der Waals surface area contributed by atoms with Gasteiger partial charge in [0.2, 0.25) is 5.91 Å². The van der Waals surface area contributed by atoms with Crippen molar-refractivity contribution < 1.29 is 18.0 Å². The number of carbonyl (C=O) groups excluding carboxylic acids is 1. The van der Waals surface area contributed by atoms with Gasteiger partial charge in [-0.2, -0.15) is 13.2 Å². The SMILES string of the molecule is CC(CN(C)C)NC(C)C(=O)NCC(F)(F)F. The highest BCUT2D eigenvalue weighted by atomic mass is 19.4. The van der Waals surface area contributed by atoms with Crippen LogP contribution in [0.5, 0.6) is 0 Å². The van der Waals surface area contributed by atoms with Crippen LogP contribution >= 0.6 is 0 Å². The molecule has 0 spiro atoms. The van der Waals surface area contributed by atoms with Crippen molar-refractivity contribution in [2.75, 3.05) is 27.2 Å². The Bertz CT molecular complexity index is 243. The number of carbonyl (C=O) groups is 1. The molecule has 0 bridgehead atoms. The number of likely N-dealkylation sites (N-methyl/N-ethyl adjacent to an activating group) is 1. The zero-order chi connectivity index (χ0) is 13.6. The number of hydrogen-bond donors (Lipinski definition) is 2. The predicted octanol–water partition coefficient (Wildman–Crippen LogP) is 0.593. The van der Waals surface area contributed by atoms with Crippen LogP contribution in [0, 0.1) is 0 Å². The third-order valence-corrected chi connectivity index (χ3v) is 2.03. The van der Waals surface area contributed by atoms with Gasteiger partial charge >= 0.3 is 6.18 Å². The average molecular weight is 255 g/mol. The Morgan fingerprint density at radius 2 is 1.82 bits per heavy atom. The van der Waals surface area contributed by atoms with Gasteiger partial charge in [-0.3, -0.25) is 4.79 Å². The number of alkyl halides is 3. The first-order chi connectivity index (χ1) is 7.61. The average Bonchev–Trinajstić information content (AvgIpc) is 2.11. The number of nitrogens with zero attached hydrogens (tertiary/aromatic N) is 1. The van der Waals surface area contributed by atoms with Gasteiger partial charge in [-0.25, -0.2) is 0 Å². The van der Waals surface area contributed by atoms with E-state index < -0.39 is 24.7 Å². The first-order valence-corrected chi connectivity index (χ1v) is 5.37. The Labute approximate surface area is 99.5 Å². The van der Waals surface area contributed by atoms with Crippen LogP contribution in [0.2, 0.25) is 0 Å². The molecule has 4 nitrogen and oxygen atoms in total. The fourth-order valence-corrected chi connectivity index (χ4v) is 1.44. The van der Waals surface area contributed by atoms with E-state index in [-0.39, 0.29) is 6.04 Å². The molecule has 2 atom stereocenters. The van der Waals surface area contributed by atoms with Crippen molar-refractivity contribution in [2.45, 2.75) is 32.1 Å². The predicted molar refractivity (Wildman–Crippen MR) is 59.7 cm³/mol. The van der Waals surface area contributed by atoms with E-state index in [4.69, 9.17) is 0 Å². The lowest BCUT2D eigenvalue weighted by molar-refractivity contribution is -0.139. The van der Waals surface area contributed by atoms with Gasteiger partial charge < -0.3 is 15.5 Å². The zero-order valence-electron chi connectivity index (χ0n) is 10.6. The van der Waals surface area contributed by atoms with Crippen LogP contribution in [0.25, 0.3) is 0 Å². The van der Waals surface area contributed by atoms with Crippen molar-refractivity contribution in [1.29, 1.82) is 0 Å². The fraction of sp³-hybridized carbons (Fsp3) is 0.900. The summed E-state index contributed by atoms with van der Waals surface area (Å²) in [5.74, 6) is -0.645. The van der Waals surface area contributed by atoms with E-state index in [0.717, 1.165) is 0 Å². The molecule has 0 saturated heterocycles. The summed E-state index contributed by atoms with van der Waals surface area (Å²) >= 11 is 0. The number of rotatable bonds is 6. The number of amides is 1. The topological polar surface area (TPSA) is 44.4 Å². The molecular weight excluding hydrogens is 235 g/mol. The summed E-state index contributed by atoms with van der Waals surface area (Å²) in [7, 11) is 3.76. The summed E-state index contributed by atoms with van der Waals surface area (Å²) < 4.78 is 35.6. The molecule has 0 aliphatic carbocycles. The van der Waals surface area contributed by atoms with Gasteiger partial charge in [-0.05, 0) is 27.9 Å². The molecule has 0 aliphatic rings. The van der Waals surface area contributed by atoms with Crippen molar-refractivity contribution in [3.05, 3.63) is 0 Å². The van der Waals surface area contributed by atoms with E-state index in [9.17, 15) is 18.0 Å². The lowest BCUT2D eigenvalue weighted by Gasteiger charge is -2.22. The molecular formula is C10H20F3N3O. The summed E-state index contributed by atoms with van der Waals surface area (Å²) in [6, 6.07) is -0.621. The monoisotopic (exact) mass is 255 g/mol. The lowest BCUT2D eigenvalue weighted by Crippen LogP contribution is -2.49.